The molecular formula is C22H23ClN6S. The fourth-order valence-electron chi connectivity index (χ4n) is 4.61. The number of hydrogen-bond donors (Lipinski definition) is 2. The average molecular weight is 439 g/mol. The van der Waals surface area contributed by atoms with Crippen LogP contribution < -0.4 is 16.4 Å². The number of piperidine rings is 1. The molecule has 3 aromatic rings. The lowest BCUT2D eigenvalue weighted by Crippen LogP contribution is -2.44. The van der Waals surface area contributed by atoms with Crippen molar-refractivity contribution in [3.63, 3.8) is 0 Å². The topological polar surface area (TPSA) is 94.0 Å². The molecule has 0 radical (unpaired) electrons. The molecule has 1 aliphatic carbocycles. The zero-order valence-corrected chi connectivity index (χ0v) is 18.0. The Kier molecular flexibility index (Phi) is 5.05. The number of nitrogen functional groups attached to an aromatic ring is 1. The normalized spacial score (nSPS) is 19.8. The molecule has 8 heteroatoms. The third-order valence-electron chi connectivity index (χ3n) is 6.38. The number of nitrogens with zero attached hydrogens (tertiary/aromatic N) is 4. The quantitative estimate of drug-likeness (QED) is 0.635. The van der Waals surface area contributed by atoms with E-state index in [1.165, 1.54) is 23.0 Å². The summed E-state index contributed by atoms with van der Waals surface area (Å²) >= 11 is 7.73. The van der Waals surface area contributed by atoms with Gasteiger partial charge in [-0.25, -0.2) is 9.97 Å². The van der Waals surface area contributed by atoms with Crippen LogP contribution in [-0.2, 0) is 6.42 Å². The van der Waals surface area contributed by atoms with Crippen molar-refractivity contribution in [3.05, 3.63) is 65.2 Å². The Morgan fingerprint density at radius 1 is 1.07 bits per heavy atom. The minimum atomic E-state index is 0.0813. The molecule has 0 bridgehead atoms. The Labute approximate surface area is 185 Å². The Balaban J connectivity index is 1.26. The first-order chi connectivity index (χ1) is 14.6. The first-order valence-corrected chi connectivity index (χ1v) is 11.2. The van der Waals surface area contributed by atoms with Crippen molar-refractivity contribution in [1.82, 2.24) is 15.0 Å². The van der Waals surface area contributed by atoms with E-state index in [-0.39, 0.29) is 11.5 Å². The molecule has 1 atom stereocenters. The number of hydrogen-bond acceptors (Lipinski definition) is 7. The molecule has 0 unspecified atom stereocenters. The van der Waals surface area contributed by atoms with Gasteiger partial charge in [0.2, 0.25) is 0 Å². The van der Waals surface area contributed by atoms with Crippen LogP contribution in [0.1, 0.15) is 30.1 Å². The lowest BCUT2D eigenvalue weighted by molar-refractivity contribution is 0.187. The summed E-state index contributed by atoms with van der Waals surface area (Å²) in [5.41, 5.74) is 16.1. The highest BCUT2D eigenvalue weighted by molar-refractivity contribution is 7.99. The van der Waals surface area contributed by atoms with Crippen molar-refractivity contribution in [2.45, 2.75) is 35.2 Å². The number of pyridine rings is 3. The van der Waals surface area contributed by atoms with Crippen LogP contribution in [-0.4, -0.2) is 28.0 Å². The third-order valence-corrected chi connectivity index (χ3v) is 7.90. The second kappa shape index (κ2) is 7.72. The molecule has 6 nitrogen and oxygen atoms in total. The molecule has 0 saturated carbocycles. The monoisotopic (exact) mass is 438 g/mol. The second-order valence-electron chi connectivity index (χ2n) is 8.01. The molecule has 4 N–H and O–H groups in total. The maximum Gasteiger partial charge on any atom is 0.143 e. The van der Waals surface area contributed by atoms with Crippen LogP contribution in [0.5, 0.6) is 0 Å². The summed E-state index contributed by atoms with van der Waals surface area (Å²) in [6, 6.07) is 10.2. The Morgan fingerprint density at radius 2 is 1.90 bits per heavy atom. The van der Waals surface area contributed by atoms with E-state index in [1.807, 2.05) is 30.6 Å². The highest BCUT2D eigenvalue weighted by Gasteiger charge is 2.46. The SMILES string of the molecule is Nc1nccc(Sc2ccc(N3CCC4(CC3)Cc3ncccc3[C@H]4N)cn2)c1Cl. The van der Waals surface area contributed by atoms with Gasteiger partial charge in [-0.05, 0) is 54.5 Å². The molecule has 1 aliphatic heterocycles. The second-order valence-corrected chi connectivity index (χ2v) is 9.45. The Hall–Kier alpha value is -2.35. The standard InChI is InChI=1S/C22H23ClN6S/c23-19-17(5-9-27-21(19)25)30-18-4-3-14(13-28-18)29-10-6-22(7-11-29)12-16-15(20(22)24)2-1-8-26-16/h1-5,8-9,13,20H,6-7,10-12,24H2,(H2,25,27)/t20-/m1/s1. The lowest BCUT2D eigenvalue weighted by Gasteiger charge is -2.42. The van der Waals surface area contributed by atoms with Crippen LogP contribution in [0.15, 0.2) is 58.8 Å². The molecule has 30 heavy (non-hydrogen) atoms. The Morgan fingerprint density at radius 3 is 2.63 bits per heavy atom. The molecule has 1 saturated heterocycles. The highest BCUT2D eigenvalue weighted by atomic mass is 35.5. The minimum Gasteiger partial charge on any atom is -0.382 e. The zero-order valence-electron chi connectivity index (χ0n) is 16.5. The fraction of sp³-hybridized carbons (Fsp3) is 0.318. The van der Waals surface area contributed by atoms with Gasteiger partial charge in [-0.3, -0.25) is 4.98 Å². The van der Waals surface area contributed by atoms with Crippen molar-refractivity contribution in [2.75, 3.05) is 23.7 Å². The molecule has 1 fully saturated rings. The molecule has 2 aliphatic rings. The summed E-state index contributed by atoms with van der Waals surface area (Å²) in [4.78, 5) is 16.4. The minimum absolute atomic E-state index is 0.0813. The van der Waals surface area contributed by atoms with Crippen LogP contribution in [0, 0.1) is 5.41 Å². The van der Waals surface area contributed by atoms with Crippen LogP contribution in [0.3, 0.4) is 0 Å². The zero-order chi connectivity index (χ0) is 20.7. The van der Waals surface area contributed by atoms with Gasteiger partial charge in [-0.1, -0.05) is 29.4 Å². The molecule has 5 rings (SSSR count). The molecule has 3 aromatic heterocycles. The third kappa shape index (κ3) is 3.41. The van der Waals surface area contributed by atoms with Gasteiger partial charge in [-0.2, -0.15) is 0 Å². The predicted molar refractivity (Wildman–Crippen MR) is 121 cm³/mol. The molecule has 1 spiro atoms. The van der Waals surface area contributed by atoms with E-state index in [9.17, 15) is 0 Å². The smallest absolute Gasteiger partial charge is 0.143 e. The number of halogens is 1. The molecule has 154 valence electrons. The van der Waals surface area contributed by atoms with Crippen LogP contribution in [0.25, 0.3) is 0 Å². The summed E-state index contributed by atoms with van der Waals surface area (Å²) in [5, 5.41) is 1.34. The van der Waals surface area contributed by atoms with E-state index in [0.717, 1.165) is 48.0 Å². The van der Waals surface area contributed by atoms with E-state index in [1.54, 1.807) is 6.20 Å². The Bertz CT molecular complexity index is 1070. The van der Waals surface area contributed by atoms with Gasteiger partial charge in [0.25, 0.3) is 0 Å². The van der Waals surface area contributed by atoms with Gasteiger partial charge >= 0.3 is 0 Å². The molecule has 0 aromatic carbocycles. The van der Waals surface area contributed by atoms with E-state index < -0.39 is 0 Å². The van der Waals surface area contributed by atoms with Crippen molar-refractivity contribution < 1.29 is 0 Å². The highest BCUT2D eigenvalue weighted by Crippen LogP contribution is 2.50. The van der Waals surface area contributed by atoms with Gasteiger partial charge in [0, 0.05) is 42.1 Å². The largest absolute Gasteiger partial charge is 0.382 e. The van der Waals surface area contributed by atoms with Gasteiger partial charge in [0.1, 0.15) is 10.8 Å². The number of nitrogens with two attached hydrogens (primary N) is 2. The first-order valence-electron chi connectivity index (χ1n) is 10.0. The van der Waals surface area contributed by atoms with E-state index in [2.05, 4.69) is 32.0 Å². The van der Waals surface area contributed by atoms with E-state index in [0.29, 0.717) is 10.8 Å². The number of rotatable bonds is 3. The first kappa shape index (κ1) is 19.6. The fourth-order valence-corrected chi connectivity index (χ4v) is 5.62. The number of aromatic nitrogens is 3. The van der Waals surface area contributed by atoms with Gasteiger partial charge < -0.3 is 16.4 Å². The summed E-state index contributed by atoms with van der Waals surface area (Å²) < 4.78 is 0. The number of anilines is 2. The predicted octanol–water partition coefficient (Wildman–Crippen LogP) is 4.10. The van der Waals surface area contributed by atoms with E-state index in [4.69, 9.17) is 23.1 Å². The van der Waals surface area contributed by atoms with E-state index >= 15 is 0 Å². The van der Waals surface area contributed by atoms with Crippen molar-refractivity contribution in [3.8, 4) is 0 Å². The van der Waals surface area contributed by atoms with Crippen LogP contribution in [0.4, 0.5) is 11.5 Å². The lowest BCUT2D eigenvalue weighted by atomic mass is 9.73. The van der Waals surface area contributed by atoms with Crippen LogP contribution in [0.2, 0.25) is 5.02 Å². The number of fused-ring (bicyclic) bond motifs is 1. The summed E-state index contributed by atoms with van der Waals surface area (Å²) in [6.07, 6.45) is 8.58. The maximum absolute atomic E-state index is 6.66. The average Bonchev–Trinajstić information content (AvgIpc) is 3.04. The molecular weight excluding hydrogens is 416 g/mol. The van der Waals surface area contributed by atoms with Crippen molar-refractivity contribution in [1.29, 1.82) is 0 Å². The molecule has 0 amide bonds. The summed E-state index contributed by atoms with van der Waals surface area (Å²) in [5.74, 6) is 0.336. The van der Waals surface area contributed by atoms with Crippen molar-refractivity contribution in [2.24, 2.45) is 11.1 Å². The van der Waals surface area contributed by atoms with Crippen LogP contribution >= 0.6 is 23.4 Å². The van der Waals surface area contributed by atoms with Gasteiger partial charge in [0.15, 0.2) is 0 Å². The summed E-state index contributed by atoms with van der Waals surface area (Å²) in [6.45, 7) is 1.95. The molecule has 4 heterocycles. The maximum atomic E-state index is 6.66. The van der Waals surface area contributed by atoms with Gasteiger partial charge in [-0.15, -0.1) is 0 Å². The van der Waals surface area contributed by atoms with Gasteiger partial charge in [0.05, 0.1) is 16.9 Å². The summed E-state index contributed by atoms with van der Waals surface area (Å²) in [7, 11) is 0. The van der Waals surface area contributed by atoms with Crippen molar-refractivity contribution >= 4 is 34.9 Å².